The molecule has 0 aromatic rings. The van der Waals surface area contributed by atoms with Gasteiger partial charge in [0.15, 0.2) is 0 Å². The van der Waals surface area contributed by atoms with E-state index in [4.69, 9.17) is 11.5 Å². The summed E-state index contributed by atoms with van der Waals surface area (Å²) in [5, 5.41) is 0. The van der Waals surface area contributed by atoms with Gasteiger partial charge in [0, 0.05) is 12.0 Å². The van der Waals surface area contributed by atoms with Crippen molar-refractivity contribution in [1.82, 2.24) is 0 Å². The largest absolute Gasteiger partial charge is 0.370 e. The molecule has 0 aromatic carbocycles. The third kappa shape index (κ3) is 0.959. The molecular formula is C9H16N2O. The molecule has 2 aliphatic rings. The van der Waals surface area contributed by atoms with Crippen LogP contribution in [0.5, 0.6) is 0 Å². The molecule has 68 valence electrons. The molecule has 0 aliphatic heterocycles. The molecule has 12 heavy (non-hydrogen) atoms. The highest BCUT2D eigenvalue weighted by Crippen LogP contribution is 2.63. The molecule has 2 rings (SSSR count). The lowest BCUT2D eigenvalue weighted by molar-refractivity contribution is -0.119. The van der Waals surface area contributed by atoms with Crippen LogP contribution < -0.4 is 11.5 Å². The summed E-state index contributed by atoms with van der Waals surface area (Å²) in [7, 11) is 0. The fraction of sp³-hybridized carbons (Fsp3) is 0.889. The predicted molar refractivity (Wildman–Crippen MR) is 46.2 cm³/mol. The van der Waals surface area contributed by atoms with Crippen LogP contribution in [0.4, 0.5) is 0 Å². The van der Waals surface area contributed by atoms with Gasteiger partial charge in [0.2, 0.25) is 5.91 Å². The van der Waals surface area contributed by atoms with Crippen molar-refractivity contribution >= 4 is 5.91 Å². The van der Waals surface area contributed by atoms with E-state index in [9.17, 15) is 4.79 Å². The number of primary amides is 1. The maximum atomic E-state index is 10.8. The van der Waals surface area contributed by atoms with Crippen molar-refractivity contribution in [2.24, 2.45) is 16.9 Å². The van der Waals surface area contributed by atoms with Gasteiger partial charge in [0.1, 0.15) is 0 Å². The third-order valence-corrected chi connectivity index (χ3v) is 3.68. The second-order valence-corrected chi connectivity index (χ2v) is 4.43. The smallest absolute Gasteiger partial charge is 0.219 e. The van der Waals surface area contributed by atoms with E-state index in [1.54, 1.807) is 0 Å². The molecule has 2 aliphatic carbocycles. The molecule has 3 heteroatoms. The van der Waals surface area contributed by atoms with Crippen molar-refractivity contribution in [2.45, 2.75) is 44.1 Å². The standard InChI is InChI=1S/C9H16N2O/c10-7(12)6-9(11)3-1-2-8(9)4-5-8/h1-6,11H2,(H2,10,12). The Morgan fingerprint density at radius 3 is 2.42 bits per heavy atom. The molecule has 1 spiro atoms. The second kappa shape index (κ2) is 2.22. The average Bonchev–Trinajstić information content (AvgIpc) is 2.60. The zero-order valence-electron chi connectivity index (χ0n) is 7.31. The van der Waals surface area contributed by atoms with Crippen LogP contribution in [0.3, 0.4) is 0 Å². The van der Waals surface area contributed by atoms with E-state index in [0.717, 1.165) is 6.42 Å². The lowest BCUT2D eigenvalue weighted by Gasteiger charge is -2.30. The van der Waals surface area contributed by atoms with E-state index < -0.39 is 0 Å². The molecule has 1 unspecified atom stereocenters. The maximum absolute atomic E-state index is 10.8. The van der Waals surface area contributed by atoms with Crippen LogP contribution >= 0.6 is 0 Å². The number of amides is 1. The molecule has 0 radical (unpaired) electrons. The first kappa shape index (κ1) is 8.05. The SMILES string of the molecule is NC(=O)CC1(N)CCCC12CC2. The Balaban J connectivity index is 2.13. The molecule has 4 N–H and O–H groups in total. The van der Waals surface area contributed by atoms with Crippen LogP contribution in [0.25, 0.3) is 0 Å². The Bertz CT molecular complexity index is 223. The Morgan fingerprint density at radius 1 is 1.25 bits per heavy atom. The van der Waals surface area contributed by atoms with E-state index in [2.05, 4.69) is 0 Å². The van der Waals surface area contributed by atoms with Crippen molar-refractivity contribution in [3.8, 4) is 0 Å². The van der Waals surface area contributed by atoms with Gasteiger partial charge in [-0.2, -0.15) is 0 Å². The monoisotopic (exact) mass is 168 g/mol. The van der Waals surface area contributed by atoms with E-state index in [1.807, 2.05) is 0 Å². The molecule has 2 saturated carbocycles. The van der Waals surface area contributed by atoms with Crippen molar-refractivity contribution in [2.75, 3.05) is 0 Å². The summed E-state index contributed by atoms with van der Waals surface area (Å²) in [5.74, 6) is -0.245. The summed E-state index contributed by atoms with van der Waals surface area (Å²) in [6.07, 6.45) is 6.15. The van der Waals surface area contributed by atoms with Gasteiger partial charge in [0.25, 0.3) is 0 Å². The van der Waals surface area contributed by atoms with Crippen LogP contribution in [-0.2, 0) is 4.79 Å². The normalized spacial score (nSPS) is 37.1. The lowest BCUT2D eigenvalue weighted by atomic mass is 9.82. The highest BCUT2D eigenvalue weighted by Gasteiger charge is 2.59. The highest BCUT2D eigenvalue weighted by atomic mass is 16.1. The molecule has 0 saturated heterocycles. The number of carbonyl (C=O) groups is 1. The van der Waals surface area contributed by atoms with Crippen LogP contribution in [0.1, 0.15) is 38.5 Å². The summed E-state index contributed by atoms with van der Waals surface area (Å²) in [6.45, 7) is 0. The quantitative estimate of drug-likeness (QED) is 0.631. The summed E-state index contributed by atoms with van der Waals surface area (Å²) in [6, 6.07) is 0. The molecule has 0 bridgehead atoms. The summed E-state index contributed by atoms with van der Waals surface area (Å²) in [4.78, 5) is 10.8. The predicted octanol–water partition coefficient (Wildman–Crippen LogP) is 0.523. The van der Waals surface area contributed by atoms with Gasteiger partial charge in [-0.3, -0.25) is 4.79 Å². The summed E-state index contributed by atoms with van der Waals surface area (Å²) < 4.78 is 0. The van der Waals surface area contributed by atoms with Crippen molar-refractivity contribution in [1.29, 1.82) is 0 Å². The molecule has 2 fully saturated rings. The zero-order valence-corrected chi connectivity index (χ0v) is 7.31. The minimum Gasteiger partial charge on any atom is -0.370 e. The van der Waals surface area contributed by atoms with E-state index in [-0.39, 0.29) is 11.4 Å². The topological polar surface area (TPSA) is 69.1 Å². The number of carbonyl (C=O) groups excluding carboxylic acids is 1. The average molecular weight is 168 g/mol. The first-order valence-electron chi connectivity index (χ1n) is 4.65. The molecule has 0 aromatic heterocycles. The van der Waals surface area contributed by atoms with Gasteiger partial charge < -0.3 is 11.5 Å². The van der Waals surface area contributed by atoms with E-state index in [0.29, 0.717) is 11.8 Å². The van der Waals surface area contributed by atoms with E-state index >= 15 is 0 Å². The third-order valence-electron chi connectivity index (χ3n) is 3.68. The van der Waals surface area contributed by atoms with Crippen LogP contribution in [0, 0.1) is 5.41 Å². The van der Waals surface area contributed by atoms with Crippen LogP contribution in [0.2, 0.25) is 0 Å². The number of rotatable bonds is 2. The Kier molecular flexibility index (Phi) is 1.49. The molecule has 3 nitrogen and oxygen atoms in total. The lowest BCUT2D eigenvalue weighted by Crippen LogP contribution is -2.47. The molecule has 1 amide bonds. The van der Waals surface area contributed by atoms with Crippen molar-refractivity contribution in [3.05, 3.63) is 0 Å². The fourth-order valence-corrected chi connectivity index (χ4v) is 2.74. The van der Waals surface area contributed by atoms with E-state index in [1.165, 1.54) is 25.7 Å². The van der Waals surface area contributed by atoms with Gasteiger partial charge in [-0.15, -0.1) is 0 Å². The molecule has 1 atom stereocenters. The fourth-order valence-electron chi connectivity index (χ4n) is 2.74. The van der Waals surface area contributed by atoms with Gasteiger partial charge in [-0.05, 0) is 31.1 Å². The number of nitrogens with two attached hydrogens (primary N) is 2. The Labute approximate surface area is 72.5 Å². The Morgan fingerprint density at radius 2 is 1.92 bits per heavy atom. The second-order valence-electron chi connectivity index (χ2n) is 4.43. The van der Waals surface area contributed by atoms with Gasteiger partial charge in [-0.25, -0.2) is 0 Å². The first-order valence-corrected chi connectivity index (χ1v) is 4.65. The molecule has 0 heterocycles. The summed E-state index contributed by atoms with van der Waals surface area (Å²) >= 11 is 0. The Hall–Kier alpha value is -0.570. The number of hydrogen-bond acceptors (Lipinski definition) is 2. The van der Waals surface area contributed by atoms with Gasteiger partial charge >= 0.3 is 0 Å². The number of hydrogen-bond donors (Lipinski definition) is 2. The van der Waals surface area contributed by atoms with Crippen LogP contribution in [-0.4, -0.2) is 11.4 Å². The van der Waals surface area contributed by atoms with Crippen LogP contribution in [0.15, 0.2) is 0 Å². The zero-order chi connectivity index (χ0) is 8.82. The van der Waals surface area contributed by atoms with Gasteiger partial charge in [0.05, 0.1) is 0 Å². The highest BCUT2D eigenvalue weighted by molar-refractivity contribution is 5.75. The maximum Gasteiger partial charge on any atom is 0.219 e. The minimum absolute atomic E-state index is 0.245. The van der Waals surface area contributed by atoms with Gasteiger partial charge in [-0.1, -0.05) is 6.42 Å². The van der Waals surface area contributed by atoms with Crippen molar-refractivity contribution in [3.63, 3.8) is 0 Å². The van der Waals surface area contributed by atoms with Crippen molar-refractivity contribution < 1.29 is 4.79 Å². The minimum atomic E-state index is -0.251. The first-order chi connectivity index (χ1) is 5.58. The molecular weight excluding hydrogens is 152 g/mol. The summed E-state index contributed by atoms with van der Waals surface area (Å²) in [5.41, 5.74) is 11.4.